The molecule has 1 atom stereocenters. The molecule has 7 heteroatoms. The summed E-state index contributed by atoms with van der Waals surface area (Å²) in [5.74, 6) is 0.949. The Balaban J connectivity index is 1.48. The molecule has 0 amide bonds. The Labute approximate surface area is 146 Å². The average molecular weight is 339 g/mol. The minimum atomic E-state index is 0.233. The van der Waals surface area contributed by atoms with Crippen molar-refractivity contribution in [3.63, 3.8) is 0 Å². The molecule has 130 valence electrons. The zero-order valence-corrected chi connectivity index (χ0v) is 14.2. The lowest BCUT2D eigenvalue weighted by atomic mass is 10.2. The van der Waals surface area contributed by atoms with Crippen molar-refractivity contribution in [1.82, 2.24) is 24.6 Å². The van der Waals surface area contributed by atoms with E-state index in [1.807, 2.05) is 25.3 Å². The van der Waals surface area contributed by atoms with E-state index < -0.39 is 0 Å². The monoisotopic (exact) mass is 339 g/mol. The largest absolute Gasteiger partial charge is 0.468 e. The summed E-state index contributed by atoms with van der Waals surface area (Å²) >= 11 is 0. The Hall–Kier alpha value is -2.67. The fraction of sp³-hybridized carbons (Fsp3) is 0.389. The van der Waals surface area contributed by atoms with Crippen molar-refractivity contribution >= 4 is 0 Å². The van der Waals surface area contributed by atoms with Gasteiger partial charge in [0.05, 0.1) is 18.5 Å². The first-order chi connectivity index (χ1) is 12.3. The zero-order chi connectivity index (χ0) is 17.1. The average Bonchev–Trinajstić information content (AvgIpc) is 3.25. The molecule has 1 aliphatic rings. The van der Waals surface area contributed by atoms with E-state index in [0.717, 1.165) is 37.4 Å². The van der Waals surface area contributed by atoms with E-state index in [4.69, 9.17) is 9.15 Å². The van der Waals surface area contributed by atoms with Gasteiger partial charge in [0.25, 0.3) is 0 Å². The molecule has 0 spiro atoms. The molecule has 0 saturated heterocycles. The Morgan fingerprint density at radius 2 is 2.16 bits per heavy atom. The SMILES string of the molecule is Cc1cnc(OCC2CCn3nccc3CN2Cc2ccco2)nc1. The first-order valence-corrected chi connectivity index (χ1v) is 8.46. The van der Waals surface area contributed by atoms with E-state index in [2.05, 4.69) is 30.7 Å². The van der Waals surface area contributed by atoms with Gasteiger partial charge in [-0.25, -0.2) is 9.97 Å². The summed E-state index contributed by atoms with van der Waals surface area (Å²) in [6, 6.07) is 6.65. The molecule has 0 aliphatic carbocycles. The highest BCUT2D eigenvalue weighted by molar-refractivity contribution is 5.06. The molecule has 1 aliphatic heterocycles. The predicted molar refractivity (Wildman–Crippen MR) is 90.9 cm³/mol. The van der Waals surface area contributed by atoms with Gasteiger partial charge in [-0.15, -0.1) is 0 Å². The van der Waals surface area contributed by atoms with Crippen LogP contribution in [0.2, 0.25) is 0 Å². The molecule has 0 N–H and O–H groups in total. The topological polar surface area (TPSA) is 69.2 Å². The molecule has 7 nitrogen and oxygen atoms in total. The summed E-state index contributed by atoms with van der Waals surface area (Å²) in [5.41, 5.74) is 2.23. The van der Waals surface area contributed by atoms with Gasteiger partial charge < -0.3 is 9.15 Å². The Kier molecular flexibility index (Phi) is 4.47. The van der Waals surface area contributed by atoms with Crippen LogP contribution in [0.3, 0.4) is 0 Å². The minimum absolute atomic E-state index is 0.233. The van der Waals surface area contributed by atoms with Crippen molar-refractivity contribution in [1.29, 1.82) is 0 Å². The molecular weight excluding hydrogens is 318 g/mol. The van der Waals surface area contributed by atoms with Crippen molar-refractivity contribution in [3.05, 3.63) is 60.1 Å². The third-order valence-electron chi connectivity index (χ3n) is 4.46. The van der Waals surface area contributed by atoms with Crippen molar-refractivity contribution in [2.75, 3.05) is 6.61 Å². The van der Waals surface area contributed by atoms with Gasteiger partial charge >= 0.3 is 6.01 Å². The van der Waals surface area contributed by atoms with Gasteiger partial charge in [0.1, 0.15) is 12.4 Å². The first kappa shape index (κ1) is 15.8. The molecular formula is C18H21N5O2. The molecule has 25 heavy (non-hydrogen) atoms. The second kappa shape index (κ2) is 7.06. The lowest BCUT2D eigenvalue weighted by Crippen LogP contribution is -2.38. The number of hydrogen-bond acceptors (Lipinski definition) is 6. The second-order valence-electron chi connectivity index (χ2n) is 6.33. The lowest BCUT2D eigenvalue weighted by molar-refractivity contribution is 0.106. The van der Waals surface area contributed by atoms with Crippen LogP contribution in [-0.2, 0) is 19.6 Å². The summed E-state index contributed by atoms with van der Waals surface area (Å²) in [7, 11) is 0. The van der Waals surface area contributed by atoms with Crippen LogP contribution in [0.1, 0.15) is 23.4 Å². The van der Waals surface area contributed by atoms with Crippen LogP contribution in [0.25, 0.3) is 0 Å². The molecule has 4 rings (SSSR count). The number of aryl methyl sites for hydroxylation is 2. The van der Waals surface area contributed by atoms with Crippen molar-refractivity contribution in [2.45, 2.75) is 39.0 Å². The number of ether oxygens (including phenoxy) is 1. The number of rotatable bonds is 5. The molecule has 3 aromatic rings. The third kappa shape index (κ3) is 3.71. The van der Waals surface area contributed by atoms with Crippen LogP contribution in [0.5, 0.6) is 6.01 Å². The zero-order valence-electron chi connectivity index (χ0n) is 14.2. The highest BCUT2D eigenvalue weighted by atomic mass is 16.5. The number of hydrogen-bond donors (Lipinski definition) is 0. The number of nitrogens with zero attached hydrogens (tertiary/aromatic N) is 5. The van der Waals surface area contributed by atoms with Crippen LogP contribution in [0.15, 0.2) is 47.5 Å². The maximum absolute atomic E-state index is 5.86. The van der Waals surface area contributed by atoms with Crippen molar-refractivity contribution in [3.8, 4) is 6.01 Å². The second-order valence-corrected chi connectivity index (χ2v) is 6.33. The van der Waals surface area contributed by atoms with E-state index >= 15 is 0 Å². The van der Waals surface area contributed by atoms with Crippen LogP contribution in [0, 0.1) is 6.92 Å². The predicted octanol–water partition coefficient (Wildman–Crippen LogP) is 2.43. The van der Waals surface area contributed by atoms with Gasteiger partial charge in [-0.2, -0.15) is 5.10 Å². The summed E-state index contributed by atoms with van der Waals surface area (Å²) in [6.45, 7) is 4.92. The van der Waals surface area contributed by atoms with Crippen molar-refractivity contribution < 1.29 is 9.15 Å². The fourth-order valence-corrected chi connectivity index (χ4v) is 3.09. The van der Waals surface area contributed by atoms with Crippen LogP contribution >= 0.6 is 0 Å². The Morgan fingerprint density at radius 3 is 2.96 bits per heavy atom. The summed E-state index contributed by atoms with van der Waals surface area (Å²) in [6.07, 6.45) is 8.05. The molecule has 0 aromatic carbocycles. The van der Waals surface area contributed by atoms with E-state index in [9.17, 15) is 0 Å². The van der Waals surface area contributed by atoms with Gasteiger partial charge in [-0.1, -0.05) is 0 Å². The highest BCUT2D eigenvalue weighted by Crippen LogP contribution is 2.20. The minimum Gasteiger partial charge on any atom is -0.468 e. The lowest BCUT2D eigenvalue weighted by Gasteiger charge is -2.28. The molecule has 0 bridgehead atoms. The van der Waals surface area contributed by atoms with Crippen LogP contribution in [0.4, 0.5) is 0 Å². The number of fused-ring (bicyclic) bond motifs is 1. The standard InChI is InChI=1S/C18H21N5O2/c1-14-9-19-18(20-10-14)25-13-16-5-7-23-15(4-6-21-23)11-22(16)12-17-3-2-8-24-17/h2-4,6,8-10,16H,5,7,11-13H2,1H3. The normalized spacial score (nSPS) is 17.9. The van der Waals surface area contributed by atoms with Gasteiger partial charge in [-0.3, -0.25) is 9.58 Å². The molecule has 4 heterocycles. The van der Waals surface area contributed by atoms with E-state index in [0.29, 0.717) is 12.6 Å². The maximum Gasteiger partial charge on any atom is 0.316 e. The van der Waals surface area contributed by atoms with Crippen LogP contribution < -0.4 is 4.74 Å². The maximum atomic E-state index is 5.86. The summed E-state index contributed by atoms with van der Waals surface area (Å²) in [4.78, 5) is 10.8. The summed E-state index contributed by atoms with van der Waals surface area (Å²) < 4.78 is 13.5. The molecule has 0 saturated carbocycles. The number of furan rings is 1. The first-order valence-electron chi connectivity index (χ1n) is 8.46. The summed E-state index contributed by atoms with van der Waals surface area (Å²) in [5, 5.41) is 4.41. The molecule has 0 fully saturated rings. The Bertz CT molecular complexity index is 797. The van der Waals surface area contributed by atoms with Gasteiger partial charge in [0.15, 0.2) is 0 Å². The molecule has 3 aromatic heterocycles. The van der Waals surface area contributed by atoms with Gasteiger partial charge in [-0.05, 0) is 37.1 Å². The third-order valence-corrected chi connectivity index (χ3v) is 4.46. The van der Waals surface area contributed by atoms with Crippen molar-refractivity contribution in [2.24, 2.45) is 0 Å². The molecule has 0 radical (unpaired) electrons. The van der Waals surface area contributed by atoms with Gasteiger partial charge in [0, 0.05) is 37.7 Å². The van der Waals surface area contributed by atoms with E-state index in [-0.39, 0.29) is 6.04 Å². The fourth-order valence-electron chi connectivity index (χ4n) is 3.09. The van der Waals surface area contributed by atoms with Gasteiger partial charge in [0.2, 0.25) is 0 Å². The smallest absolute Gasteiger partial charge is 0.316 e. The van der Waals surface area contributed by atoms with E-state index in [1.54, 1.807) is 18.7 Å². The number of aromatic nitrogens is 4. The van der Waals surface area contributed by atoms with Crippen LogP contribution in [-0.4, -0.2) is 37.3 Å². The van der Waals surface area contributed by atoms with E-state index in [1.165, 1.54) is 5.69 Å². The Morgan fingerprint density at radius 1 is 1.28 bits per heavy atom. The highest BCUT2D eigenvalue weighted by Gasteiger charge is 2.25. The molecule has 1 unspecified atom stereocenters. The quantitative estimate of drug-likeness (QED) is 0.711.